The first kappa shape index (κ1) is 8.54. The van der Waals surface area contributed by atoms with Crippen LogP contribution in [0.2, 0.25) is 0 Å². The van der Waals surface area contributed by atoms with Crippen molar-refractivity contribution in [3.8, 4) is 0 Å². The summed E-state index contributed by atoms with van der Waals surface area (Å²) in [7, 11) is 0. The molecule has 0 atom stereocenters. The zero-order chi connectivity index (χ0) is 8.10. The van der Waals surface area contributed by atoms with Crippen LogP contribution in [0.25, 0.3) is 6.08 Å². The highest BCUT2D eigenvalue weighted by molar-refractivity contribution is 9.09. The quantitative estimate of drug-likeness (QED) is 0.657. The second-order valence-electron chi connectivity index (χ2n) is 2.41. The Balaban J connectivity index is 2.86. The van der Waals surface area contributed by atoms with Crippen molar-refractivity contribution in [3.05, 3.63) is 41.5 Å². The Morgan fingerprint density at radius 2 is 2.09 bits per heavy atom. The van der Waals surface area contributed by atoms with Crippen molar-refractivity contribution in [2.24, 2.45) is 0 Å². The summed E-state index contributed by atoms with van der Waals surface area (Å²) in [6.07, 6.45) is 4.23. The summed E-state index contributed by atoms with van der Waals surface area (Å²) >= 11 is 3.34. The Morgan fingerprint density at radius 1 is 1.36 bits per heavy atom. The van der Waals surface area contributed by atoms with Gasteiger partial charge in [-0.05, 0) is 18.1 Å². The molecule has 0 saturated heterocycles. The van der Waals surface area contributed by atoms with Gasteiger partial charge in [0, 0.05) is 5.33 Å². The monoisotopic (exact) mass is 210 g/mol. The van der Waals surface area contributed by atoms with E-state index in [1.165, 1.54) is 11.1 Å². The fourth-order valence-corrected chi connectivity index (χ4v) is 1.13. The molecule has 0 N–H and O–H groups in total. The maximum Gasteiger partial charge on any atom is 0.0215 e. The molecular weight excluding hydrogens is 200 g/mol. The van der Waals surface area contributed by atoms with E-state index in [1.807, 2.05) is 0 Å². The van der Waals surface area contributed by atoms with Crippen LogP contribution in [0.4, 0.5) is 0 Å². The van der Waals surface area contributed by atoms with Crippen LogP contribution in [0.3, 0.4) is 0 Å². The normalized spacial score (nSPS) is 10.7. The van der Waals surface area contributed by atoms with Gasteiger partial charge in [0.25, 0.3) is 0 Å². The van der Waals surface area contributed by atoms with Crippen LogP contribution in [0, 0.1) is 6.92 Å². The average Bonchev–Trinajstić information content (AvgIpc) is 2.03. The number of hydrogen-bond acceptors (Lipinski definition) is 0. The second kappa shape index (κ2) is 4.35. The Hall–Kier alpha value is -0.560. The summed E-state index contributed by atoms with van der Waals surface area (Å²) in [5.41, 5.74) is 2.62. The number of rotatable bonds is 2. The van der Waals surface area contributed by atoms with E-state index in [1.54, 1.807) is 0 Å². The smallest absolute Gasteiger partial charge is 0.0215 e. The number of allylic oxidation sites excluding steroid dienone is 1. The molecule has 58 valence electrons. The van der Waals surface area contributed by atoms with Crippen molar-refractivity contribution in [3.63, 3.8) is 0 Å². The molecule has 0 fully saturated rings. The zero-order valence-electron chi connectivity index (χ0n) is 6.55. The zero-order valence-corrected chi connectivity index (χ0v) is 8.14. The van der Waals surface area contributed by atoms with Crippen LogP contribution >= 0.6 is 15.9 Å². The third kappa shape index (κ3) is 2.51. The summed E-state index contributed by atoms with van der Waals surface area (Å²) < 4.78 is 0. The molecule has 1 rings (SSSR count). The van der Waals surface area contributed by atoms with E-state index in [2.05, 4.69) is 59.3 Å². The molecule has 0 aliphatic carbocycles. The van der Waals surface area contributed by atoms with Gasteiger partial charge in [-0.25, -0.2) is 0 Å². The Bertz CT molecular complexity index is 251. The molecule has 0 aliphatic heterocycles. The van der Waals surface area contributed by atoms with Crippen molar-refractivity contribution >= 4 is 22.0 Å². The highest BCUT2D eigenvalue weighted by atomic mass is 79.9. The van der Waals surface area contributed by atoms with Gasteiger partial charge >= 0.3 is 0 Å². The fraction of sp³-hybridized carbons (Fsp3) is 0.200. The van der Waals surface area contributed by atoms with Crippen molar-refractivity contribution in [1.82, 2.24) is 0 Å². The van der Waals surface area contributed by atoms with E-state index in [-0.39, 0.29) is 0 Å². The minimum atomic E-state index is 0.918. The van der Waals surface area contributed by atoms with E-state index in [0.29, 0.717) is 0 Å². The molecule has 11 heavy (non-hydrogen) atoms. The maximum absolute atomic E-state index is 3.34. The largest absolute Gasteiger partial charge is 0.0883 e. The van der Waals surface area contributed by atoms with Gasteiger partial charge in [-0.15, -0.1) is 0 Å². The first-order valence-electron chi connectivity index (χ1n) is 3.62. The lowest BCUT2D eigenvalue weighted by Gasteiger charge is -1.96. The SMILES string of the molecule is Cc1ccccc1C=CCBr. The first-order valence-corrected chi connectivity index (χ1v) is 4.75. The maximum atomic E-state index is 3.34. The lowest BCUT2D eigenvalue weighted by Crippen LogP contribution is -1.77. The molecule has 0 radical (unpaired) electrons. The van der Waals surface area contributed by atoms with Crippen LogP contribution in [0.1, 0.15) is 11.1 Å². The first-order chi connectivity index (χ1) is 5.34. The lowest BCUT2D eigenvalue weighted by molar-refractivity contribution is 1.44. The highest BCUT2D eigenvalue weighted by Gasteiger charge is 1.88. The van der Waals surface area contributed by atoms with Gasteiger partial charge in [0.05, 0.1) is 0 Å². The number of hydrogen-bond donors (Lipinski definition) is 0. The van der Waals surface area contributed by atoms with Crippen LogP contribution in [-0.4, -0.2) is 5.33 Å². The third-order valence-corrected chi connectivity index (χ3v) is 1.95. The van der Waals surface area contributed by atoms with Crippen molar-refractivity contribution in [2.45, 2.75) is 6.92 Å². The lowest BCUT2D eigenvalue weighted by atomic mass is 10.1. The molecule has 1 heteroatoms. The van der Waals surface area contributed by atoms with E-state index in [4.69, 9.17) is 0 Å². The molecule has 1 aromatic rings. The fourth-order valence-electron chi connectivity index (χ4n) is 0.945. The Morgan fingerprint density at radius 3 is 2.73 bits per heavy atom. The molecule has 0 amide bonds. The highest BCUT2D eigenvalue weighted by Crippen LogP contribution is 2.08. The number of halogens is 1. The van der Waals surface area contributed by atoms with Crippen molar-refractivity contribution in [2.75, 3.05) is 5.33 Å². The van der Waals surface area contributed by atoms with Gasteiger partial charge in [0.2, 0.25) is 0 Å². The molecule has 0 nitrogen and oxygen atoms in total. The molecule has 0 unspecified atom stereocenters. The van der Waals surface area contributed by atoms with E-state index in [9.17, 15) is 0 Å². The summed E-state index contributed by atoms with van der Waals surface area (Å²) in [5, 5.41) is 0.918. The average molecular weight is 211 g/mol. The summed E-state index contributed by atoms with van der Waals surface area (Å²) in [5.74, 6) is 0. The van der Waals surface area contributed by atoms with Gasteiger partial charge < -0.3 is 0 Å². The standard InChI is InChI=1S/C10H11Br/c1-9-5-2-3-6-10(9)7-4-8-11/h2-7H,8H2,1H3. The van der Waals surface area contributed by atoms with Crippen LogP contribution in [0.15, 0.2) is 30.3 Å². The molecule has 0 aromatic heterocycles. The number of aryl methyl sites for hydroxylation is 1. The van der Waals surface area contributed by atoms with Crippen LogP contribution in [-0.2, 0) is 0 Å². The van der Waals surface area contributed by atoms with Crippen LogP contribution in [0.5, 0.6) is 0 Å². The number of benzene rings is 1. The Labute approximate surface area is 76.1 Å². The molecule has 0 saturated carbocycles. The molecule has 1 aromatic carbocycles. The molecule has 0 aliphatic rings. The molecule has 0 spiro atoms. The van der Waals surface area contributed by atoms with E-state index < -0.39 is 0 Å². The van der Waals surface area contributed by atoms with Gasteiger partial charge in [0.1, 0.15) is 0 Å². The summed E-state index contributed by atoms with van der Waals surface area (Å²) in [6, 6.07) is 8.35. The third-order valence-electron chi connectivity index (χ3n) is 1.57. The topological polar surface area (TPSA) is 0 Å². The minimum absolute atomic E-state index is 0.918. The van der Waals surface area contributed by atoms with Gasteiger partial charge in [-0.1, -0.05) is 52.3 Å². The predicted molar refractivity (Wildman–Crippen MR) is 54.0 cm³/mol. The molecule has 0 heterocycles. The Kier molecular flexibility index (Phi) is 3.37. The van der Waals surface area contributed by atoms with Crippen molar-refractivity contribution < 1.29 is 0 Å². The van der Waals surface area contributed by atoms with Gasteiger partial charge in [0.15, 0.2) is 0 Å². The molecule has 0 bridgehead atoms. The second-order valence-corrected chi connectivity index (χ2v) is 3.06. The number of alkyl halides is 1. The van der Waals surface area contributed by atoms with Gasteiger partial charge in [-0.2, -0.15) is 0 Å². The molecular formula is C10H11Br. The summed E-state index contributed by atoms with van der Waals surface area (Å²) in [4.78, 5) is 0. The summed E-state index contributed by atoms with van der Waals surface area (Å²) in [6.45, 7) is 2.12. The van der Waals surface area contributed by atoms with E-state index >= 15 is 0 Å². The van der Waals surface area contributed by atoms with Crippen molar-refractivity contribution in [1.29, 1.82) is 0 Å². The minimum Gasteiger partial charge on any atom is -0.0883 e. The predicted octanol–water partition coefficient (Wildman–Crippen LogP) is 3.40. The van der Waals surface area contributed by atoms with Crippen LogP contribution < -0.4 is 0 Å². The van der Waals surface area contributed by atoms with E-state index in [0.717, 1.165) is 5.33 Å². The van der Waals surface area contributed by atoms with Gasteiger partial charge in [-0.3, -0.25) is 0 Å².